The number of hydrogen-bond acceptors (Lipinski definition) is 4. The van der Waals surface area contributed by atoms with Gasteiger partial charge in [-0.05, 0) is 35.4 Å². The van der Waals surface area contributed by atoms with Crippen molar-refractivity contribution >= 4 is 22.6 Å². The summed E-state index contributed by atoms with van der Waals surface area (Å²) < 4.78 is 13.8. The summed E-state index contributed by atoms with van der Waals surface area (Å²) in [5.74, 6) is -0.954. The zero-order chi connectivity index (χ0) is 15.1. The lowest BCUT2D eigenvalue weighted by Crippen LogP contribution is -2.12. The van der Waals surface area contributed by atoms with E-state index in [0.717, 1.165) is 24.7 Å². The summed E-state index contributed by atoms with van der Waals surface area (Å²) in [6.45, 7) is 1.64. The van der Waals surface area contributed by atoms with E-state index in [-0.39, 0.29) is 17.0 Å². The van der Waals surface area contributed by atoms with Crippen LogP contribution in [0.4, 0.5) is 10.1 Å². The molecule has 0 radical (unpaired) electrons. The molecular formula is C15H12FN5O. The van der Waals surface area contributed by atoms with Crippen LogP contribution in [0.1, 0.15) is 21.5 Å². The minimum absolute atomic E-state index is 0.125. The molecule has 0 aliphatic carbocycles. The molecule has 6 nitrogen and oxygen atoms in total. The first-order valence-corrected chi connectivity index (χ1v) is 6.84. The van der Waals surface area contributed by atoms with E-state index in [1.807, 2.05) is 18.2 Å². The van der Waals surface area contributed by atoms with Crippen molar-refractivity contribution in [2.75, 3.05) is 5.32 Å². The number of carbonyl (C=O) groups is 1. The molecule has 3 aromatic rings. The van der Waals surface area contributed by atoms with Gasteiger partial charge in [0.25, 0.3) is 5.91 Å². The highest BCUT2D eigenvalue weighted by Gasteiger charge is 2.15. The number of aromatic nitrogens is 3. The third kappa shape index (κ3) is 2.11. The van der Waals surface area contributed by atoms with E-state index in [0.29, 0.717) is 11.2 Å². The van der Waals surface area contributed by atoms with Crippen LogP contribution in [0.3, 0.4) is 0 Å². The maximum Gasteiger partial charge on any atom is 0.255 e. The number of anilines is 1. The van der Waals surface area contributed by atoms with E-state index in [1.54, 1.807) is 0 Å². The molecule has 22 heavy (non-hydrogen) atoms. The predicted octanol–water partition coefficient (Wildman–Crippen LogP) is 1.95. The third-order valence-electron chi connectivity index (χ3n) is 3.73. The molecule has 4 rings (SSSR count). The maximum atomic E-state index is 13.8. The third-order valence-corrected chi connectivity index (χ3v) is 3.73. The molecule has 1 aliphatic heterocycles. The minimum Gasteiger partial charge on any atom is -0.322 e. The summed E-state index contributed by atoms with van der Waals surface area (Å²) in [5, 5.41) is 15.9. The average Bonchev–Trinajstić information content (AvgIpc) is 3.15. The molecule has 3 N–H and O–H groups in total. The van der Waals surface area contributed by atoms with Gasteiger partial charge in [0.15, 0.2) is 5.82 Å². The molecule has 0 saturated heterocycles. The van der Waals surface area contributed by atoms with E-state index >= 15 is 0 Å². The van der Waals surface area contributed by atoms with Crippen LogP contribution in [0.15, 0.2) is 30.3 Å². The number of nitrogens with zero attached hydrogens (tertiary/aromatic N) is 2. The van der Waals surface area contributed by atoms with Gasteiger partial charge in [-0.1, -0.05) is 6.07 Å². The number of rotatable bonds is 2. The Labute approximate surface area is 124 Å². The summed E-state index contributed by atoms with van der Waals surface area (Å²) in [6, 6.07) is 8.42. The molecule has 1 aromatic heterocycles. The maximum absolute atomic E-state index is 13.8. The van der Waals surface area contributed by atoms with Crippen LogP contribution in [-0.4, -0.2) is 21.3 Å². The second-order valence-corrected chi connectivity index (χ2v) is 5.19. The number of aromatic amines is 1. The fraction of sp³-hybridized carbons (Fsp3) is 0.133. The summed E-state index contributed by atoms with van der Waals surface area (Å²) in [5.41, 5.74) is 3.73. The highest BCUT2D eigenvalue weighted by Crippen LogP contribution is 2.21. The van der Waals surface area contributed by atoms with Crippen molar-refractivity contribution in [2.24, 2.45) is 0 Å². The zero-order valence-corrected chi connectivity index (χ0v) is 11.5. The van der Waals surface area contributed by atoms with Crippen LogP contribution >= 0.6 is 0 Å². The quantitative estimate of drug-likeness (QED) is 0.675. The molecule has 110 valence electrons. The molecule has 1 amide bonds. The minimum atomic E-state index is -0.574. The van der Waals surface area contributed by atoms with Crippen molar-refractivity contribution < 1.29 is 9.18 Å². The molecular weight excluding hydrogens is 285 g/mol. The molecule has 0 fully saturated rings. The summed E-state index contributed by atoms with van der Waals surface area (Å²) in [7, 11) is 0. The highest BCUT2D eigenvalue weighted by molar-refractivity contribution is 6.06. The fourth-order valence-electron chi connectivity index (χ4n) is 2.62. The van der Waals surface area contributed by atoms with Gasteiger partial charge in [0, 0.05) is 24.3 Å². The molecule has 0 bridgehead atoms. The normalized spacial score (nSPS) is 13.3. The van der Waals surface area contributed by atoms with E-state index in [9.17, 15) is 9.18 Å². The van der Waals surface area contributed by atoms with Crippen LogP contribution < -0.4 is 10.6 Å². The van der Waals surface area contributed by atoms with E-state index in [1.165, 1.54) is 11.6 Å². The number of carbonyl (C=O) groups excluding carboxylic acids is 1. The number of nitrogens with one attached hydrogen (secondary N) is 3. The van der Waals surface area contributed by atoms with Gasteiger partial charge >= 0.3 is 0 Å². The Morgan fingerprint density at radius 1 is 1.14 bits per heavy atom. The molecule has 2 heterocycles. The van der Waals surface area contributed by atoms with Crippen molar-refractivity contribution in [3.05, 3.63) is 52.8 Å². The lowest BCUT2D eigenvalue weighted by Gasteiger charge is -2.07. The van der Waals surface area contributed by atoms with Gasteiger partial charge in [0.2, 0.25) is 0 Å². The van der Waals surface area contributed by atoms with E-state index < -0.39 is 5.82 Å². The number of halogens is 1. The molecule has 0 unspecified atom stereocenters. The fourth-order valence-corrected chi connectivity index (χ4v) is 2.62. The molecule has 1 aliphatic rings. The Kier molecular flexibility index (Phi) is 2.87. The summed E-state index contributed by atoms with van der Waals surface area (Å²) in [4.78, 5) is 12.3. The molecule has 0 spiro atoms. The van der Waals surface area contributed by atoms with Crippen molar-refractivity contribution in [3.63, 3.8) is 0 Å². The van der Waals surface area contributed by atoms with Gasteiger partial charge in [0.1, 0.15) is 11.0 Å². The first kappa shape index (κ1) is 12.9. The van der Waals surface area contributed by atoms with Crippen LogP contribution in [0.25, 0.3) is 11.0 Å². The Balaban J connectivity index is 1.63. The van der Waals surface area contributed by atoms with Gasteiger partial charge in [-0.15, -0.1) is 0 Å². The lowest BCUT2D eigenvalue weighted by molar-refractivity contribution is 0.102. The van der Waals surface area contributed by atoms with Crippen molar-refractivity contribution in [1.29, 1.82) is 0 Å². The average molecular weight is 297 g/mol. The zero-order valence-electron chi connectivity index (χ0n) is 11.5. The second-order valence-electron chi connectivity index (χ2n) is 5.19. The predicted molar refractivity (Wildman–Crippen MR) is 78.8 cm³/mol. The Hall–Kier alpha value is -2.80. The number of H-pyrrole nitrogens is 1. The van der Waals surface area contributed by atoms with Gasteiger partial charge in [-0.25, -0.2) is 4.39 Å². The van der Waals surface area contributed by atoms with Gasteiger partial charge < -0.3 is 10.6 Å². The van der Waals surface area contributed by atoms with Crippen molar-refractivity contribution in [1.82, 2.24) is 20.7 Å². The Morgan fingerprint density at radius 2 is 2.00 bits per heavy atom. The number of fused-ring (bicyclic) bond motifs is 2. The summed E-state index contributed by atoms with van der Waals surface area (Å²) >= 11 is 0. The molecule has 0 saturated carbocycles. The number of hydrogen-bond donors (Lipinski definition) is 3. The first-order chi connectivity index (χ1) is 10.7. The van der Waals surface area contributed by atoms with E-state index in [4.69, 9.17) is 0 Å². The highest BCUT2D eigenvalue weighted by atomic mass is 19.1. The standard InChI is InChI=1S/C15H12FN5O/c16-12-4-9(5-13-14(12)20-21-19-13)15(22)18-11-2-1-8-6-17-7-10(8)3-11/h1-5,17H,6-7H2,(H,18,22)(H,19,20,21). The van der Waals surface area contributed by atoms with Crippen molar-refractivity contribution in [2.45, 2.75) is 13.1 Å². The van der Waals surface area contributed by atoms with Crippen LogP contribution in [0.5, 0.6) is 0 Å². The lowest BCUT2D eigenvalue weighted by atomic mass is 10.1. The number of amides is 1. The van der Waals surface area contributed by atoms with Crippen LogP contribution in [-0.2, 0) is 13.1 Å². The SMILES string of the molecule is O=C(Nc1ccc2c(c1)CNC2)c1cc(F)c2n[nH]nc2c1. The molecule has 0 atom stereocenters. The second kappa shape index (κ2) is 4.88. The topological polar surface area (TPSA) is 82.7 Å². The molecule has 2 aromatic carbocycles. The van der Waals surface area contributed by atoms with Crippen molar-refractivity contribution in [3.8, 4) is 0 Å². The Morgan fingerprint density at radius 3 is 2.91 bits per heavy atom. The summed E-state index contributed by atoms with van der Waals surface area (Å²) in [6.07, 6.45) is 0. The van der Waals surface area contributed by atoms with Crippen LogP contribution in [0, 0.1) is 5.82 Å². The van der Waals surface area contributed by atoms with Gasteiger partial charge in [0.05, 0.1) is 0 Å². The molecule has 7 heteroatoms. The smallest absolute Gasteiger partial charge is 0.255 e. The monoisotopic (exact) mass is 297 g/mol. The first-order valence-electron chi connectivity index (χ1n) is 6.84. The largest absolute Gasteiger partial charge is 0.322 e. The van der Waals surface area contributed by atoms with E-state index in [2.05, 4.69) is 26.0 Å². The Bertz CT molecular complexity index is 889. The van der Waals surface area contributed by atoms with Gasteiger partial charge in [-0.3, -0.25) is 4.79 Å². The number of benzene rings is 2. The van der Waals surface area contributed by atoms with Crippen LogP contribution in [0.2, 0.25) is 0 Å². The van der Waals surface area contributed by atoms with Gasteiger partial charge in [-0.2, -0.15) is 15.4 Å².